The average molecular weight is 444 g/mol. The van der Waals surface area contributed by atoms with E-state index in [-0.39, 0.29) is 4.90 Å². The molecule has 0 spiro atoms. The maximum Gasteiger partial charge on any atom is 0.277 e. The first kappa shape index (κ1) is 21.1. The van der Waals surface area contributed by atoms with Gasteiger partial charge in [-0.05, 0) is 48.6 Å². The van der Waals surface area contributed by atoms with E-state index in [9.17, 15) is 8.42 Å². The molecule has 0 bridgehead atoms. The monoisotopic (exact) mass is 443 g/mol. The van der Waals surface area contributed by atoms with Gasteiger partial charge in [-0.25, -0.2) is 8.42 Å². The van der Waals surface area contributed by atoms with Crippen LogP contribution in [0, 0.1) is 0 Å². The number of aryl methyl sites for hydroxylation is 1. The summed E-state index contributed by atoms with van der Waals surface area (Å²) < 4.78 is 32.9. The summed E-state index contributed by atoms with van der Waals surface area (Å²) in [4.78, 5) is 0.236. The number of benzene rings is 2. The fourth-order valence-corrected chi connectivity index (χ4v) is 6.29. The molecule has 3 aromatic rings. The van der Waals surface area contributed by atoms with Crippen molar-refractivity contribution in [3.63, 3.8) is 0 Å². The lowest BCUT2D eigenvalue weighted by Gasteiger charge is -2.22. The molecule has 0 saturated carbocycles. The van der Waals surface area contributed by atoms with Crippen molar-refractivity contribution < 1.29 is 12.8 Å². The third-order valence-electron chi connectivity index (χ3n) is 5.40. The van der Waals surface area contributed by atoms with Gasteiger partial charge in [-0.1, -0.05) is 55.9 Å². The molecule has 4 rings (SSSR count). The van der Waals surface area contributed by atoms with E-state index in [2.05, 4.69) is 34.5 Å². The molecule has 1 aliphatic carbocycles. The van der Waals surface area contributed by atoms with E-state index in [4.69, 9.17) is 4.42 Å². The third kappa shape index (κ3) is 4.31. The van der Waals surface area contributed by atoms with Crippen molar-refractivity contribution in [3.8, 4) is 11.5 Å². The van der Waals surface area contributed by atoms with Gasteiger partial charge >= 0.3 is 0 Å². The lowest BCUT2D eigenvalue weighted by Crippen LogP contribution is -2.30. The number of hydrogen-bond donors (Lipinski definition) is 0. The van der Waals surface area contributed by atoms with Gasteiger partial charge in [0.15, 0.2) is 0 Å². The Balaban J connectivity index is 1.51. The van der Waals surface area contributed by atoms with Gasteiger partial charge in [0.2, 0.25) is 15.9 Å². The Morgan fingerprint density at radius 1 is 1.07 bits per heavy atom. The first-order valence-electron chi connectivity index (χ1n) is 10.2. The molecule has 30 heavy (non-hydrogen) atoms. The van der Waals surface area contributed by atoms with E-state index >= 15 is 0 Å². The number of hydrogen-bond acceptors (Lipinski definition) is 6. The molecule has 1 aromatic heterocycles. The lowest BCUT2D eigenvalue weighted by atomic mass is 9.92. The van der Waals surface area contributed by atoms with Gasteiger partial charge in [0.05, 0.1) is 4.90 Å². The molecule has 0 aliphatic heterocycles. The maximum absolute atomic E-state index is 12.8. The Morgan fingerprint density at radius 3 is 2.60 bits per heavy atom. The Kier molecular flexibility index (Phi) is 6.26. The van der Waals surface area contributed by atoms with Gasteiger partial charge in [0.1, 0.15) is 0 Å². The summed E-state index contributed by atoms with van der Waals surface area (Å²) in [7, 11) is -3.54. The fraction of sp³-hybridized carbons (Fsp3) is 0.364. The van der Waals surface area contributed by atoms with Crippen LogP contribution < -0.4 is 0 Å². The van der Waals surface area contributed by atoms with Crippen LogP contribution in [0.5, 0.6) is 0 Å². The quantitative estimate of drug-likeness (QED) is 0.538. The van der Waals surface area contributed by atoms with Gasteiger partial charge in [-0.15, -0.1) is 10.2 Å². The highest BCUT2D eigenvalue weighted by Gasteiger charge is 2.24. The smallest absolute Gasteiger partial charge is 0.277 e. The molecule has 0 unspecified atom stereocenters. The van der Waals surface area contributed by atoms with Crippen LogP contribution in [0.15, 0.2) is 63.1 Å². The Labute approximate surface area is 181 Å². The van der Waals surface area contributed by atoms with Crippen molar-refractivity contribution in [2.45, 2.75) is 48.5 Å². The van der Waals surface area contributed by atoms with Crippen LogP contribution in [-0.4, -0.2) is 41.3 Å². The van der Waals surface area contributed by atoms with E-state index in [1.165, 1.54) is 15.4 Å². The molecule has 0 fully saturated rings. The van der Waals surface area contributed by atoms with Gasteiger partial charge < -0.3 is 4.42 Å². The first-order valence-corrected chi connectivity index (χ1v) is 12.5. The third-order valence-corrected chi connectivity index (χ3v) is 8.55. The van der Waals surface area contributed by atoms with Crippen LogP contribution >= 0.6 is 11.8 Å². The number of nitrogens with zero attached hydrogens (tertiary/aromatic N) is 3. The van der Waals surface area contributed by atoms with Crippen molar-refractivity contribution in [1.29, 1.82) is 0 Å². The standard InChI is InChI=1S/C22H25N3O3S2/c1-3-25(4-2)30(26,27)20-11-7-10-18(15-20)21-23-24-22(28-21)29-19-13-12-16-8-5-6-9-17(16)14-19/h5-11,15,19H,3-4,12-14H2,1-2H3/t19-/m0/s1. The second kappa shape index (κ2) is 8.91. The molecule has 0 N–H and O–H groups in total. The molecule has 0 amide bonds. The Hall–Kier alpha value is -2.16. The highest BCUT2D eigenvalue weighted by molar-refractivity contribution is 7.99. The van der Waals surface area contributed by atoms with Crippen LogP contribution in [0.4, 0.5) is 0 Å². The molecular formula is C22H25N3O3S2. The van der Waals surface area contributed by atoms with Crippen molar-refractivity contribution in [2.24, 2.45) is 0 Å². The minimum atomic E-state index is -3.54. The molecule has 158 valence electrons. The molecule has 1 aliphatic rings. The summed E-state index contributed by atoms with van der Waals surface area (Å²) in [5, 5.41) is 9.26. The van der Waals surface area contributed by atoms with E-state index in [1.54, 1.807) is 36.0 Å². The summed E-state index contributed by atoms with van der Waals surface area (Å²) in [5.74, 6) is 0.338. The van der Waals surface area contributed by atoms with Gasteiger partial charge in [0.25, 0.3) is 5.22 Å². The van der Waals surface area contributed by atoms with E-state index in [0.717, 1.165) is 19.3 Å². The van der Waals surface area contributed by atoms with Gasteiger partial charge in [-0.3, -0.25) is 0 Å². The van der Waals surface area contributed by atoms with Gasteiger partial charge in [0, 0.05) is 23.9 Å². The highest BCUT2D eigenvalue weighted by atomic mass is 32.2. The summed E-state index contributed by atoms with van der Waals surface area (Å²) in [6.45, 7) is 4.51. The molecule has 2 aromatic carbocycles. The summed E-state index contributed by atoms with van der Waals surface area (Å²) >= 11 is 1.60. The molecular weight excluding hydrogens is 418 g/mol. The molecule has 1 heterocycles. The minimum absolute atomic E-state index is 0.236. The molecule has 6 nitrogen and oxygen atoms in total. The molecule has 1 atom stereocenters. The second-order valence-corrected chi connectivity index (χ2v) is 10.4. The Bertz CT molecular complexity index is 1120. The second-order valence-electron chi connectivity index (χ2n) is 7.24. The van der Waals surface area contributed by atoms with Crippen LogP contribution in [0.2, 0.25) is 0 Å². The van der Waals surface area contributed by atoms with Crippen LogP contribution in [0.1, 0.15) is 31.4 Å². The fourth-order valence-electron chi connectivity index (χ4n) is 3.78. The number of aromatic nitrogens is 2. The number of thioether (sulfide) groups is 1. The van der Waals surface area contributed by atoms with E-state index in [1.807, 2.05) is 13.8 Å². The highest BCUT2D eigenvalue weighted by Crippen LogP contribution is 2.34. The van der Waals surface area contributed by atoms with Crippen LogP contribution in [0.25, 0.3) is 11.5 Å². The first-order chi connectivity index (χ1) is 14.5. The SMILES string of the molecule is CCN(CC)S(=O)(=O)c1cccc(-c2nnc(S[C@H]3CCc4ccccc4C3)o2)c1. The molecule has 0 radical (unpaired) electrons. The maximum atomic E-state index is 12.8. The number of fused-ring (bicyclic) bond motifs is 1. The summed E-state index contributed by atoms with van der Waals surface area (Å²) in [5.41, 5.74) is 3.42. The van der Waals surface area contributed by atoms with Crippen molar-refractivity contribution >= 4 is 21.8 Å². The zero-order valence-corrected chi connectivity index (χ0v) is 18.7. The van der Waals surface area contributed by atoms with E-state index < -0.39 is 10.0 Å². The zero-order valence-electron chi connectivity index (χ0n) is 17.1. The number of rotatable bonds is 7. The van der Waals surface area contributed by atoms with Crippen molar-refractivity contribution in [1.82, 2.24) is 14.5 Å². The number of sulfonamides is 1. The minimum Gasteiger partial charge on any atom is -0.411 e. The molecule has 8 heteroatoms. The largest absolute Gasteiger partial charge is 0.411 e. The summed E-state index contributed by atoms with van der Waals surface area (Å²) in [6, 6.07) is 15.3. The average Bonchev–Trinajstić information content (AvgIpc) is 3.23. The Morgan fingerprint density at radius 2 is 1.83 bits per heavy atom. The topological polar surface area (TPSA) is 76.3 Å². The normalized spacial score (nSPS) is 16.6. The van der Waals surface area contributed by atoms with Crippen LogP contribution in [-0.2, 0) is 22.9 Å². The lowest BCUT2D eigenvalue weighted by molar-refractivity contribution is 0.445. The van der Waals surface area contributed by atoms with E-state index in [0.29, 0.717) is 35.0 Å². The zero-order chi connectivity index (χ0) is 21.1. The summed E-state index contributed by atoms with van der Waals surface area (Å²) in [6.07, 6.45) is 3.10. The predicted octanol–water partition coefficient (Wildman–Crippen LogP) is 4.42. The van der Waals surface area contributed by atoms with Crippen molar-refractivity contribution in [3.05, 3.63) is 59.7 Å². The predicted molar refractivity (Wildman–Crippen MR) is 118 cm³/mol. The van der Waals surface area contributed by atoms with Crippen LogP contribution in [0.3, 0.4) is 0 Å². The van der Waals surface area contributed by atoms with Gasteiger partial charge in [-0.2, -0.15) is 4.31 Å². The van der Waals surface area contributed by atoms with Crippen molar-refractivity contribution in [2.75, 3.05) is 13.1 Å². The molecule has 0 saturated heterocycles.